The number of likely N-dealkylation sites (tertiary alicyclic amines) is 1. The van der Waals surface area contributed by atoms with Gasteiger partial charge in [-0.15, -0.1) is 0 Å². The third-order valence-corrected chi connectivity index (χ3v) is 5.76. The van der Waals surface area contributed by atoms with E-state index < -0.39 is 6.04 Å². The summed E-state index contributed by atoms with van der Waals surface area (Å²) in [4.78, 5) is 14.9. The van der Waals surface area contributed by atoms with Gasteiger partial charge in [-0.2, -0.15) is 0 Å². The molecule has 5 N–H and O–H groups in total. The van der Waals surface area contributed by atoms with Gasteiger partial charge in [0, 0.05) is 17.7 Å². The number of fused-ring (bicyclic) bond motifs is 1. The van der Waals surface area contributed by atoms with E-state index in [-0.39, 0.29) is 24.2 Å². The van der Waals surface area contributed by atoms with Gasteiger partial charge in [-0.3, -0.25) is 10.1 Å². The van der Waals surface area contributed by atoms with E-state index in [0.29, 0.717) is 17.9 Å². The lowest BCUT2D eigenvalue weighted by Crippen LogP contribution is -2.54. The third kappa shape index (κ3) is 3.42. The molecule has 3 aliphatic heterocycles. The summed E-state index contributed by atoms with van der Waals surface area (Å²) in [6.07, 6.45) is 2.43. The highest BCUT2D eigenvalue weighted by atomic mass is 19.1. The standard InChI is InChI=1S/C18H27FN6O/c1-10-3-4-13(19)12-9-14(20-15(10)12)17(26)22-18-21-16(23-24-18)11-5-7-25(2)8-6-11/h3-4,11,14,16,18,20-21,23-24H,5-9H2,1-2H3,(H,22,26). The molecule has 0 saturated carbocycles. The number of nitrogens with zero attached hydrogens (tertiary/aromatic N) is 1. The number of hydrogen-bond donors (Lipinski definition) is 5. The van der Waals surface area contributed by atoms with Crippen molar-refractivity contribution in [3.05, 3.63) is 29.1 Å². The van der Waals surface area contributed by atoms with Crippen LogP contribution in [0.4, 0.5) is 10.1 Å². The molecule has 1 amide bonds. The van der Waals surface area contributed by atoms with Gasteiger partial charge in [-0.05, 0) is 57.5 Å². The number of hydrazine groups is 1. The number of benzene rings is 1. The average molecular weight is 362 g/mol. The molecule has 8 heteroatoms. The van der Waals surface area contributed by atoms with E-state index in [1.165, 1.54) is 6.07 Å². The van der Waals surface area contributed by atoms with Crippen molar-refractivity contribution in [1.29, 1.82) is 0 Å². The van der Waals surface area contributed by atoms with E-state index in [9.17, 15) is 9.18 Å². The van der Waals surface area contributed by atoms with Crippen molar-refractivity contribution >= 4 is 11.6 Å². The van der Waals surface area contributed by atoms with Crippen molar-refractivity contribution < 1.29 is 9.18 Å². The first-order chi connectivity index (χ1) is 12.5. The second-order valence-electron chi connectivity index (χ2n) is 7.63. The normalized spacial score (nSPS) is 29.4. The summed E-state index contributed by atoms with van der Waals surface area (Å²) in [5.74, 6) is 0.136. The fraction of sp³-hybridized carbons (Fsp3) is 0.611. The number of halogens is 1. The molecule has 0 aromatic heterocycles. The summed E-state index contributed by atoms with van der Waals surface area (Å²) in [5.41, 5.74) is 8.66. The zero-order valence-electron chi connectivity index (χ0n) is 15.2. The minimum atomic E-state index is -0.452. The zero-order valence-corrected chi connectivity index (χ0v) is 15.2. The molecular formula is C18H27FN6O. The maximum absolute atomic E-state index is 14.0. The van der Waals surface area contributed by atoms with E-state index >= 15 is 0 Å². The van der Waals surface area contributed by atoms with Crippen molar-refractivity contribution in [3.63, 3.8) is 0 Å². The Bertz CT molecular complexity index is 660. The van der Waals surface area contributed by atoms with Gasteiger partial charge < -0.3 is 15.5 Å². The first-order valence-electron chi connectivity index (χ1n) is 9.32. The Morgan fingerprint density at radius 3 is 2.77 bits per heavy atom. The van der Waals surface area contributed by atoms with Crippen LogP contribution in [0.2, 0.25) is 0 Å². The Morgan fingerprint density at radius 1 is 1.27 bits per heavy atom. The number of rotatable bonds is 3. The quantitative estimate of drug-likeness (QED) is 0.530. The van der Waals surface area contributed by atoms with Gasteiger partial charge in [0.1, 0.15) is 18.1 Å². The third-order valence-electron chi connectivity index (χ3n) is 5.76. The van der Waals surface area contributed by atoms with Crippen LogP contribution in [-0.2, 0) is 11.2 Å². The Balaban J connectivity index is 1.31. The topological polar surface area (TPSA) is 80.5 Å². The Kier molecular flexibility index (Phi) is 4.83. The van der Waals surface area contributed by atoms with E-state index in [0.717, 1.165) is 37.2 Å². The molecule has 2 saturated heterocycles. The molecule has 3 atom stereocenters. The average Bonchev–Trinajstić information content (AvgIpc) is 3.27. The predicted octanol–water partition coefficient (Wildman–Crippen LogP) is 0.236. The summed E-state index contributed by atoms with van der Waals surface area (Å²) >= 11 is 0. The molecule has 7 nitrogen and oxygen atoms in total. The van der Waals surface area contributed by atoms with Crippen LogP contribution in [0.3, 0.4) is 0 Å². The number of hydrogen-bond acceptors (Lipinski definition) is 6. The lowest BCUT2D eigenvalue weighted by Gasteiger charge is -2.32. The largest absolute Gasteiger partial charge is 0.373 e. The van der Waals surface area contributed by atoms with Crippen molar-refractivity contribution in [2.24, 2.45) is 5.92 Å². The van der Waals surface area contributed by atoms with Crippen LogP contribution in [0.1, 0.15) is 24.0 Å². The van der Waals surface area contributed by atoms with Crippen molar-refractivity contribution in [2.45, 2.75) is 44.7 Å². The first-order valence-corrected chi connectivity index (χ1v) is 9.32. The summed E-state index contributed by atoms with van der Waals surface area (Å²) in [5, 5.41) is 9.52. The van der Waals surface area contributed by atoms with Crippen LogP contribution in [0.5, 0.6) is 0 Å². The number of nitrogens with one attached hydrogen (secondary N) is 5. The maximum Gasteiger partial charge on any atom is 0.245 e. The van der Waals surface area contributed by atoms with Gasteiger partial charge in [0.05, 0.1) is 6.17 Å². The van der Waals surface area contributed by atoms with Gasteiger partial charge in [0.25, 0.3) is 0 Å². The molecule has 142 valence electrons. The van der Waals surface area contributed by atoms with Gasteiger partial charge in [-0.25, -0.2) is 15.2 Å². The Morgan fingerprint density at radius 2 is 2.04 bits per heavy atom. The maximum atomic E-state index is 14.0. The monoisotopic (exact) mass is 362 g/mol. The van der Waals surface area contributed by atoms with Crippen LogP contribution >= 0.6 is 0 Å². The first kappa shape index (κ1) is 17.7. The molecule has 3 unspecified atom stereocenters. The number of piperidine rings is 1. The Hall–Kier alpha value is -1.74. The summed E-state index contributed by atoms with van der Waals surface area (Å²) in [6, 6.07) is 2.75. The van der Waals surface area contributed by atoms with E-state index in [4.69, 9.17) is 0 Å². The molecule has 0 radical (unpaired) electrons. The van der Waals surface area contributed by atoms with Crippen molar-refractivity contribution in [1.82, 2.24) is 26.4 Å². The SMILES string of the molecule is Cc1ccc(F)c2c1NC(C(=O)NC1NNC(C3CCN(C)CC3)N1)C2. The smallest absolute Gasteiger partial charge is 0.245 e. The predicted molar refractivity (Wildman–Crippen MR) is 97.6 cm³/mol. The summed E-state index contributed by atoms with van der Waals surface area (Å²) in [6.45, 7) is 4.11. The lowest BCUT2D eigenvalue weighted by molar-refractivity contribution is -0.122. The van der Waals surface area contributed by atoms with Gasteiger partial charge in [-0.1, -0.05) is 6.07 Å². The highest BCUT2D eigenvalue weighted by Gasteiger charge is 2.35. The minimum Gasteiger partial charge on any atom is -0.373 e. The van der Waals surface area contributed by atoms with Gasteiger partial charge in [0.15, 0.2) is 0 Å². The summed E-state index contributed by atoms with van der Waals surface area (Å²) in [7, 11) is 2.14. The van der Waals surface area contributed by atoms with E-state index in [2.05, 4.69) is 38.7 Å². The van der Waals surface area contributed by atoms with Crippen LogP contribution in [0.25, 0.3) is 0 Å². The zero-order chi connectivity index (χ0) is 18.3. The van der Waals surface area contributed by atoms with Gasteiger partial charge >= 0.3 is 0 Å². The lowest BCUT2D eigenvalue weighted by atomic mass is 9.94. The van der Waals surface area contributed by atoms with Crippen LogP contribution in [-0.4, -0.2) is 49.4 Å². The number of carbonyl (C=O) groups is 1. The molecule has 4 rings (SSSR count). The van der Waals surface area contributed by atoms with E-state index in [1.807, 2.05) is 6.92 Å². The van der Waals surface area contributed by atoms with E-state index in [1.54, 1.807) is 6.07 Å². The van der Waals surface area contributed by atoms with Crippen LogP contribution in [0, 0.1) is 18.7 Å². The highest BCUT2D eigenvalue weighted by molar-refractivity contribution is 5.88. The molecule has 3 heterocycles. The molecule has 1 aromatic carbocycles. The molecule has 26 heavy (non-hydrogen) atoms. The number of carbonyl (C=O) groups excluding carboxylic acids is 1. The van der Waals surface area contributed by atoms with Gasteiger partial charge in [0.2, 0.25) is 5.91 Å². The fourth-order valence-electron chi connectivity index (χ4n) is 4.10. The molecule has 0 bridgehead atoms. The highest BCUT2D eigenvalue weighted by Crippen LogP contribution is 2.31. The Labute approximate surface area is 153 Å². The van der Waals surface area contributed by atoms with Crippen molar-refractivity contribution in [3.8, 4) is 0 Å². The molecule has 0 spiro atoms. The summed E-state index contributed by atoms with van der Waals surface area (Å²) < 4.78 is 14.0. The van der Waals surface area contributed by atoms with Crippen LogP contribution < -0.4 is 26.8 Å². The molecule has 0 aliphatic carbocycles. The second kappa shape index (κ2) is 7.11. The van der Waals surface area contributed by atoms with Crippen LogP contribution in [0.15, 0.2) is 12.1 Å². The molecular weight excluding hydrogens is 335 g/mol. The van der Waals surface area contributed by atoms with Crippen molar-refractivity contribution in [2.75, 3.05) is 25.5 Å². The minimum absolute atomic E-state index is 0.141. The molecule has 1 aromatic rings. The number of aryl methyl sites for hydroxylation is 1. The second-order valence-corrected chi connectivity index (χ2v) is 7.63. The fourth-order valence-corrected chi connectivity index (χ4v) is 4.10. The number of anilines is 1. The molecule has 3 aliphatic rings. The molecule has 2 fully saturated rings. The number of amides is 1.